The number of amides is 1. The van der Waals surface area contributed by atoms with Crippen molar-refractivity contribution < 1.29 is 19.8 Å². The number of rotatable bonds is 8. The lowest BCUT2D eigenvalue weighted by atomic mass is 9.96. The molecule has 2 aromatic rings. The van der Waals surface area contributed by atoms with Gasteiger partial charge in [-0.25, -0.2) is 0 Å². The first-order valence-corrected chi connectivity index (χ1v) is 9.76. The number of hydrogen-bond acceptors (Lipinski definition) is 5. The summed E-state index contributed by atoms with van der Waals surface area (Å²) >= 11 is 0. The number of nitrogens with zero attached hydrogens (tertiary/aromatic N) is 3. The van der Waals surface area contributed by atoms with Crippen LogP contribution in [0.3, 0.4) is 0 Å². The molecule has 0 saturated carbocycles. The maximum atomic E-state index is 12.3. The molecule has 3 rings (SSSR count). The van der Waals surface area contributed by atoms with Gasteiger partial charge in [-0.2, -0.15) is 4.98 Å². The molecule has 0 radical (unpaired) electrons. The molecule has 1 aliphatic heterocycles. The molecule has 0 atom stereocenters. The van der Waals surface area contributed by atoms with Gasteiger partial charge in [-0.05, 0) is 44.2 Å². The number of carbonyl (C=O) groups is 1. The van der Waals surface area contributed by atoms with E-state index in [0.29, 0.717) is 18.1 Å². The topological polar surface area (TPSA) is 96.1 Å². The number of benzene rings is 1. The van der Waals surface area contributed by atoms with Crippen LogP contribution in [0.5, 0.6) is 5.75 Å². The van der Waals surface area contributed by atoms with Gasteiger partial charge >= 0.3 is 0 Å². The summed E-state index contributed by atoms with van der Waals surface area (Å²) in [5, 5.41) is 4.12. The second-order valence-corrected chi connectivity index (χ2v) is 7.01. The van der Waals surface area contributed by atoms with Crippen LogP contribution in [0.25, 0.3) is 11.4 Å². The highest BCUT2D eigenvalue weighted by Gasteiger charge is 2.27. The molecule has 146 valence electrons. The van der Waals surface area contributed by atoms with Crippen LogP contribution in [0.1, 0.15) is 50.3 Å². The maximum Gasteiger partial charge on any atom is 0.230 e. The van der Waals surface area contributed by atoms with Gasteiger partial charge in [0.1, 0.15) is 5.75 Å². The van der Waals surface area contributed by atoms with Gasteiger partial charge in [0.05, 0.1) is 13.7 Å². The van der Waals surface area contributed by atoms with E-state index in [0.717, 1.165) is 63.1 Å². The van der Waals surface area contributed by atoms with Crippen LogP contribution < -0.4 is 10.5 Å². The minimum Gasteiger partial charge on any atom is -0.497 e. The largest absolute Gasteiger partial charge is 0.497 e. The van der Waals surface area contributed by atoms with E-state index < -0.39 is 0 Å². The van der Waals surface area contributed by atoms with Crippen LogP contribution in [0, 0.1) is 0 Å². The van der Waals surface area contributed by atoms with E-state index in [1.165, 1.54) is 0 Å². The number of likely N-dealkylation sites (tertiary alicyclic amines) is 1. The molecule has 0 unspecified atom stereocenters. The molecule has 7 nitrogen and oxygen atoms in total. The Balaban J connectivity index is 1.53. The molecule has 0 aliphatic carbocycles. The average Bonchev–Trinajstić information content (AvgIpc) is 3.21. The van der Waals surface area contributed by atoms with Crippen LogP contribution >= 0.6 is 0 Å². The number of quaternary nitrogens is 1. The van der Waals surface area contributed by atoms with Crippen LogP contribution in [0.2, 0.25) is 0 Å². The fourth-order valence-electron chi connectivity index (χ4n) is 3.44. The van der Waals surface area contributed by atoms with E-state index in [1.807, 2.05) is 29.2 Å². The van der Waals surface area contributed by atoms with Gasteiger partial charge in [-0.3, -0.25) is 4.79 Å². The van der Waals surface area contributed by atoms with Crippen LogP contribution in [0.15, 0.2) is 28.8 Å². The highest BCUT2D eigenvalue weighted by Crippen LogP contribution is 2.29. The summed E-state index contributed by atoms with van der Waals surface area (Å²) in [4.78, 5) is 18.9. The summed E-state index contributed by atoms with van der Waals surface area (Å²) in [6, 6.07) is 7.62. The van der Waals surface area contributed by atoms with Gasteiger partial charge in [0.2, 0.25) is 17.6 Å². The maximum absolute atomic E-state index is 12.3. The third-order valence-electron chi connectivity index (χ3n) is 5.11. The van der Waals surface area contributed by atoms with Crippen molar-refractivity contribution in [3.05, 3.63) is 30.2 Å². The van der Waals surface area contributed by atoms with Crippen molar-refractivity contribution in [1.82, 2.24) is 15.0 Å². The molecule has 1 saturated heterocycles. The second-order valence-electron chi connectivity index (χ2n) is 7.01. The standard InChI is InChI=1S/C20H28N4O3/c1-26-17-7-5-6-16(14-17)19-22-20(27-23-19)15-9-12-24(13-10-15)18(25)8-3-2-4-11-21/h5-7,14-15H,2-4,8-13,21H2,1H3/p+1. The third kappa shape index (κ3) is 5.07. The molecular weight excluding hydrogens is 344 g/mol. The molecule has 27 heavy (non-hydrogen) atoms. The highest BCUT2D eigenvalue weighted by molar-refractivity contribution is 5.76. The summed E-state index contributed by atoms with van der Waals surface area (Å²) in [5.41, 5.74) is 4.71. The fourth-order valence-corrected chi connectivity index (χ4v) is 3.44. The Labute approximate surface area is 159 Å². The van der Waals surface area contributed by atoms with Crippen molar-refractivity contribution in [2.24, 2.45) is 0 Å². The first-order valence-electron chi connectivity index (χ1n) is 9.76. The van der Waals surface area contributed by atoms with Gasteiger partial charge in [0.15, 0.2) is 0 Å². The lowest BCUT2D eigenvalue weighted by molar-refractivity contribution is -0.368. The quantitative estimate of drug-likeness (QED) is 0.716. The second kappa shape index (κ2) is 9.50. The van der Waals surface area contributed by atoms with Crippen molar-refractivity contribution in [1.29, 1.82) is 0 Å². The first-order chi connectivity index (χ1) is 13.2. The van der Waals surface area contributed by atoms with Crippen molar-refractivity contribution in [3.8, 4) is 17.1 Å². The summed E-state index contributed by atoms with van der Waals surface area (Å²) in [5.74, 6) is 2.48. The Morgan fingerprint density at radius 1 is 1.30 bits per heavy atom. The van der Waals surface area contributed by atoms with Crippen LogP contribution in [0.4, 0.5) is 0 Å². The number of carbonyl (C=O) groups excluding carboxylic acids is 1. The summed E-state index contributed by atoms with van der Waals surface area (Å²) in [6.07, 6.45) is 5.52. The van der Waals surface area contributed by atoms with E-state index in [4.69, 9.17) is 9.26 Å². The predicted octanol–water partition coefficient (Wildman–Crippen LogP) is 2.25. The predicted molar refractivity (Wildman–Crippen MR) is 101 cm³/mol. The zero-order valence-electron chi connectivity index (χ0n) is 16.0. The summed E-state index contributed by atoms with van der Waals surface area (Å²) in [7, 11) is 1.64. The smallest absolute Gasteiger partial charge is 0.230 e. The van der Waals surface area contributed by atoms with Gasteiger partial charge in [0, 0.05) is 31.0 Å². The van der Waals surface area contributed by atoms with Crippen LogP contribution in [-0.2, 0) is 4.79 Å². The first kappa shape index (κ1) is 19.4. The molecule has 1 fully saturated rings. The Morgan fingerprint density at radius 2 is 2.11 bits per heavy atom. The van der Waals surface area contributed by atoms with Gasteiger partial charge < -0.3 is 19.9 Å². The normalized spacial score (nSPS) is 15.1. The van der Waals surface area contributed by atoms with Crippen molar-refractivity contribution in [3.63, 3.8) is 0 Å². The third-order valence-corrected chi connectivity index (χ3v) is 5.11. The zero-order valence-corrected chi connectivity index (χ0v) is 16.0. The summed E-state index contributed by atoms with van der Waals surface area (Å²) < 4.78 is 10.8. The molecule has 0 bridgehead atoms. The molecule has 0 spiro atoms. The van der Waals surface area contributed by atoms with E-state index in [2.05, 4.69) is 15.9 Å². The Hall–Kier alpha value is -2.41. The Bertz CT molecular complexity index is 738. The molecule has 1 amide bonds. The molecule has 1 aromatic heterocycles. The van der Waals surface area contributed by atoms with Crippen molar-refractivity contribution in [2.45, 2.75) is 44.4 Å². The number of hydrogen-bond donors (Lipinski definition) is 1. The van der Waals surface area contributed by atoms with E-state index in [9.17, 15) is 4.79 Å². The minimum atomic E-state index is 0.215. The number of piperidine rings is 1. The molecule has 1 aromatic carbocycles. The van der Waals surface area contributed by atoms with E-state index in [-0.39, 0.29) is 11.8 Å². The number of ether oxygens (including phenoxy) is 1. The molecule has 7 heteroatoms. The number of unbranched alkanes of at least 4 members (excludes halogenated alkanes) is 2. The lowest BCUT2D eigenvalue weighted by Crippen LogP contribution is -2.50. The molecular formula is C20H29N4O3+. The Morgan fingerprint density at radius 3 is 2.85 bits per heavy atom. The Kier molecular flexibility index (Phi) is 6.81. The van der Waals surface area contributed by atoms with E-state index in [1.54, 1.807) is 7.11 Å². The average molecular weight is 373 g/mol. The molecule has 2 heterocycles. The van der Waals surface area contributed by atoms with Gasteiger partial charge in [0.25, 0.3) is 0 Å². The number of methoxy groups -OCH3 is 1. The van der Waals surface area contributed by atoms with E-state index >= 15 is 0 Å². The molecule has 1 aliphatic rings. The summed E-state index contributed by atoms with van der Waals surface area (Å²) in [6.45, 7) is 2.47. The van der Waals surface area contributed by atoms with Gasteiger partial charge in [-0.15, -0.1) is 0 Å². The molecule has 3 N–H and O–H groups in total. The van der Waals surface area contributed by atoms with Crippen molar-refractivity contribution in [2.75, 3.05) is 26.7 Å². The lowest BCUT2D eigenvalue weighted by Gasteiger charge is -2.30. The van der Waals surface area contributed by atoms with Gasteiger partial charge in [-0.1, -0.05) is 17.3 Å². The number of aromatic nitrogens is 2. The zero-order chi connectivity index (χ0) is 19.1. The highest BCUT2D eigenvalue weighted by atomic mass is 16.5. The van der Waals surface area contributed by atoms with Crippen molar-refractivity contribution >= 4 is 5.91 Å². The SMILES string of the molecule is COc1cccc(-c2noc(C3CCN(C(=O)CCCCC[NH3+])CC3)n2)c1. The minimum absolute atomic E-state index is 0.215. The van der Waals surface area contributed by atoms with Crippen LogP contribution in [-0.4, -0.2) is 47.7 Å². The monoisotopic (exact) mass is 373 g/mol. The fraction of sp³-hybridized carbons (Fsp3) is 0.550.